The lowest BCUT2D eigenvalue weighted by molar-refractivity contribution is 0.113. The van der Waals surface area contributed by atoms with Gasteiger partial charge in [-0.05, 0) is 14.0 Å². The van der Waals surface area contributed by atoms with Crippen LogP contribution in [0.25, 0.3) is 0 Å². The summed E-state index contributed by atoms with van der Waals surface area (Å²) in [5.74, 6) is 0.340. The third-order valence-corrected chi connectivity index (χ3v) is 2.58. The van der Waals surface area contributed by atoms with Crippen LogP contribution in [0.4, 0.5) is 0 Å². The molecule has 0 aromatic rings. The monoisotopic (exact) mass is 200 g/mol. The molecule has 1 atom stereocenters. The quantitative estimate of drug-likeness (QED) is 0.679. The maximum Gasteiger partial charge on any atom is 0.185 e. The molecule has 0 bridgehead atoms. The highest BCUT2D eigenvalue weighted by Crippen LogP contribution is 2.07. The summed E-state index contributed by atoms with van der Waals surface area (Å²) < 4.78 is 5.06. The van der Waals surface area contributed by atoms with Crippen LogP contribution in [0.1, 0.15) is 6.92 Å². The highest BCUT2D eigenvalue weighted by molar-refractivity contribution is 4.96. The maximum absolute atomic E-state index is 9.75. The number of aliphatic hydroxyl groups excluding tert-OH is 1. The molecule has 1 N–H and O–H groups in total. The van der Waals surface area contributed by atoms with Crippen molar-refractivity contribution < 1.29 is 9.84 Å². The smallest absolute Gasteiger partial charge is 0.185 e. The van der Waals surface area contributed by atoms with Crippen molar-refractivity contribution in [1.82, 2.24) is 9.80 Å². The van der Waals surface area contributed by atoms with Crippen LogP contribution in [-0.2, 0) is 4.74 Å². The van der Waals surface area contributed by atoms with Gasteiger partial charge in [0.25, 0.3) is 0 Å². The normalized spacial score (nSPS) is 22.5. The lowest BCUT2D eigenvalue weighted by Gasteiger charge is -2.33. The van der Waals surface area contributed by atoms with E-state index in [1.165, 1.54) is 0 Å². The lowest BCUT2D eigenvalue weighted by atomic mass is 10.3. The van der Waals surface area contributed by atoms with E-state index >= 15 is 0 Å². The van der Waals surface area contributed by atoms with Crippen LogP contribution in [0.3, 0.4) is 0 Å². The third kappa shape index (κ3) is 3.20. The molecule has 1 fully saturated rings. The van der Waals surface area contributed by atoms with Gasteiger partial charge >= 0.3 is 0 Å². The molecule has 4 nitrogen and oxygen atoms in total. The summed E-state index contributed by atoms with van der Waals surface area (Å²) in [6.45, 7) is 5.68. The minimum atomic E-state index is -0.0327. The van der Waals surface area contributed by atoms with Gasteiger partial charge in [-0.15, -0.1) is 0 Å². The van der Waals surface area contributed by atoms with Crippen molar-refractivity contribution >= 4 is 0 Å². The molecule has 0 radical (unpaired) electrons. The molecule has 1 unspecified atom stereocenters. The van der Waals surface area contributed by atoms with Crippen LogP contribution in [0.2, 0.25) is 0 Å². The molecular weight excluding hydrogens is 180 g/mol. The summed E-state index contributed by atoms with van der Waals surface area (Å²) in [6, 6.07) is 0. The van der Waals surface area contributed by atoms with Gasteiger partial charge in [-0.3, -0.25) is 0 Å². The number of likely N-dealkylation sites (N-methyl/N-ethyl adjacent to an activating group) is 1. The molecular formula is C10H20N2O2. The molecule has 1 aliphatic rings. The van der Waals surface area contributed by atoms with E-state index in [9.17, 15) is 5.11 Å². The second-order valence-electron chi connectivity index (χ2n) is 3.76. The van der Waals surface area contributed by atoms with E-state index < -0.39 is 0 Å². The largest absolute Gasteiger partial charge is 0.495 e. The maximum atomic E-state index is 9.75. The van der Waals surface area contributed by atoms with Crippen LogP contribution in [0.5, 0.6) is 0 Å². The molecule has 0 aromatic carbocycles. The fourth-order valence-corrected chi connectivity index (χ4v) is 1.42. The van der Waals surface area contributed by atoms with E-state index in [0.717, 1.165) is 26.2 Å². The molecule has 1 heterocycles. The Kier molecular flexibility index (Phi) is 4.22. The van der Waals surface area contributed by atoms with Crippen molar-refractivity contribution in [3.05, 3.63) is 12.0 Å². The molecule has 0 aliphatic carbocycles. The number of nitrogens with zero attached hydrogens (tertiary/aromatic N) is 2. The Balaban J connectivity index is 2.44. The van der Waals surface area contributed by atoms with Crippen molar-refractivity contribution in [3.8, 4) is 0 Å². The van der Waals surface area contributed by atoms with Crippen molar-refractivity contribution in [1.29, 1.82) is 0 Å². The summed E-state index contributed by atoms with van der Waals surface area (Å²) in [5, 5.41) is 9.75. The predicted molar refractivity (Wildman–Crippen MR) is 56.3 cm³/mol. The van der Waals surface area contributed by atoms with Crippen LogP contribution in [0, 0.1) is 0 Å². The first-order chi connectivity index (χ1) is 6.63. The zero-order chi connectivity index (χ0) is 10.6. The molecule has 1 rings (SSSR count). The van der Waals surface area contributed by atoms with Gasteiger partial charge in [0.2, 0.25) is 0 Å². The van der Waals surface area contributed by atoms with E-state index in [-0.39, 0.29) is 6.10 Å². The predicted octanol–water partition coefficient (Wildman–Crippen LogP) is 0.668. The summed E-state index contributed by atoms with van der Waals surface area (Å²) in [4.78, 5) is 4.24. The first kappa shape index (κ1) is 11.3. The van der Waals surface area contributed by atoms with E-state index in [4.69, 9.17) is 4.74 Å². The number of piperazine rings is 1. The van der Waals surface area contributed by atoms with Crippen LogP contribution >= 0.6 is 0 Å². The minimum absolute atomic E-state index is 0.0327. The Hall–Kier alpha value is -0.740. The lowest BCUT2D eigenvalue weighted by Crippen LogP contribution is -2.44. The number of hydrogen-bond acceptors (Lipinski definition) is 4. The van der Waals surface area contributed by atoms with E-state index in [1.807, 2.05) is 11.8 Å². The van der Waals surface area contributed by atoms with Crippen molar-refractivity contribution in [3.63, 3.8) is 0 Å². The minimum Gasteiger partial charge on any atom is -0.495 e. The second-order valence-corrected chi connectivity index (χ2v) is 3.76. The van der Waals surface area contributed by atoms with Crippen LogP contribution in [0.15, 0.2) is 12.0 Å². The summed E-state index contributed by atoms with van der Waals surface area (Å²) in [7, 11) is 3.73. The van der Waals surface area contributed by atoms with Gasteiger partial charge in [0.15, 0.2) is 5.88 Å². The Labute approximate surface area is 85.8 Å². The van der Waals surface area contributed by atoms with Gasteiger partial charge in [-0.2, -0.15) is 0 Å². The molecule has 4 heteroatoms. The molecule has 0 amide bonds. The molecule has 0 spiro atoms. The Morgan fingerprint density at radius 2 is 1.93 bits per heavy atom. The highest BCUT2D eigenvalue weighted by atomic mass is 16.5. The van der Waals surface area contributed by atoms with Crippen molar-refractivity contribution in [2.24, 2.45) is 0 Å². The zero-order valence-corrected chi connectivity index (χ0v) is 9.23. The first-order valence-electron chi connectivity index (χ1n) is 5.00. The van der Waals surface area contributed by atoms with Crippen molar-refractivity contribution in [2.45, 2.75) is 13.0 Å². The van der Waals surface area contributed by atoms with Crippen LogP contribution in [-0.4, -0.2) is 61.3 Å². The Morgan fingerprint density at radius 1 is 1.36 bits per heavy atom. The number of rotatable bonds is 3. The summed E-state index contributed by atoms with van der Waals surface area (Å²) in [6.07, 6.45) is 1.71. The molecule has 82 valence electrons. The molecule has 1 saturated heterocycles. The Morgan fingerprint density at radius 3 is 2.43 bits per heavy atom. The average Bonchev–Trinajstić information content (AvgIpc) is 2.18. The van der Waals surface area contributed by atoms with Crippen molar-refractivity contribution in [2.75, 3.05) is 40.3 Å². The number of aliphatic hydroxyl groups is 1. The van der Waals surface area contributed by atoms with E-state index in [1.54, 1.807) is 13.2 Å². The van der Waals surface area contributed by atoms with Gasteiger partial charge in [0.1, 0.15) is 0 Å². The summed E-state index contributed by atoms with van der Waals surface area (Å²) >= 11 is 0. The highest BCUT2D eigenvalue weighted by Gasteiger charge is 2.15. The van der Waals surface area contributed by atoms with Crippen LogP contribution < -0.4 is 0 Å². The molecule has 0 aromatic heterocycles. The molecule has 14 heavy (non-hydrogen) atoms. The molecule has 0 saturated carbocycles. The molecule has 1 aliphatic heterocycles. The van der Waals surface area contributed by atoms with Gasteiger partial charge in [-0.25, -0.2) is 0 Å². The number of methoxy groups -OCH3 is 1. The van der Waals surface area contributed by atoms with E-state index in [2.05, 4.69) is 11.9 Å². The van der Waals surface area contributed by atoms with Gasteiger partial charge in [0.05, 0.1) is 6.10 Å². The average molecular weight is 200 g/mol. The number of hydrogen-bond donors (Lipinski definition) is 1. The van der Waals surface area contributed by atoms with Gasteiger partial charge < -0.3 is 19.6 Å². The van der Waals surface area contributed by atoms with Gasteiger partial charge in [-0.1, -0.05) is 0 Å². The van der Waals surface area contributed by atoms with E-state index in [0.29, 0.717) is 5.88 Å². The number of ether oxygens (including phenoxy) is 1. The zero-order valence-electron chi connectivity index (χ0n) is 9.23. The fourth-order valence-electron chi connectivity index (χ4n) is 1.42. The Bertz CT molecular complexity index is 198. The van der Waals surface area contributed by atoms with Gasteiger partial charge in [0, 0.05) is 39.4 Å². The topological polar surface area (TPSA) is 35.9 Å². The second kappa shape index (κ2) is 5.22. The first-order valence-corrected chi connectivity index (χ1v) is 5.00. The summed E-state index contributed by atoms with van der Waals surface area (Å²) in [5.41, 5.74) is 0. The fraction of sp³-hybridized carbons (Fsp3) is 0.800. The third-order valence-electron chi connectivity index (χ3n) is 2.58. The standard InChI is InChI=1S/C10H20N2O2/c1-9(14-3)8-10(13)12-6-4-11(2)5-7-12/h8-9,13H,4-7H2,1-3H3/b10-8-. The SMILES string of the molecule is COC(C)/C=C(\O)N1CCN(C)CC1.